The smallest absolute Gasteiger partial charge is 0.250 e. The Morgan fingerprint density at radius 2 is 2.04 bits per heavy atom. The number of fused-ring (bicyclic) bond motifs is 1. The number of thiazole rings is 1. The standard InChI is InChI=1S/C16H12FN3OS2/c17-12-7-5-11(6-8-12)9-18-20-15(21)10-22-16-19-13-3-1-2-4-14(13)23-16/h1-9H,10H2,(H,20,21)/b18-9+. The van der Waals surface area contributed by atoms with Crippen LogP contribution in [0.1, 0.15) is 5.56 Å². The Morgan fingerprint density at radius 3 is 2.83 bits per heavy atom. The summed E-state index contributed by atoms with van der Waals surface area (Å²) >= 11 is 2.93. The third-order valence-corrected chi connectivity index (χ3v) is 5.05. The maximum atomic E-state index is 12.8. The summed E-state index contributed by atoms with van der Waals surface area (Å²) < 4.78 is 14.7. The van der Waals surface area contributed by atoms with Gasteiger partial charge >= 0.3 is 0 Å². The average Bonchev–Trinajstić information content (AvgIpc) is 2.98. The molecule has 1 heterocycles. The fraction of sp³-hybridized carbons (Fsp3) is 0.0625. The summed E-state index contributed by atoms with van der Waals surface area (Å²) in [4.78, 5) is 16.2. The van der Waals surface area contributed by atoms with Crippen LogP contribution in [0.2, 0.25) is 0 Å². The van der Waals surface area contributed by atoms with E-state index >= 15 is 0 Å². The number of nitrogens with one attached hydrogen (secondary N) is 1. The van der Waals surface area contributed by atoms with E-state index in [4.69, 9.17) is 0 Å². The van der Waals surface area contributed by atoms with Gasteiger partial charge in [0, 0.05) is 0 Å². The van der Waals surface area contributed by atoms with Crippen LogP contribution in [-0.4, -0.2) is 22.9 Å². The monoisotopic (exact) mass is 345 g/mol. The lowest BCUT2D eigenvalue weighted by molar-refractivity contribution is -0.118. The van der Waals surface area contributed by atoms with Crippen LogP contribution in [-0.2, 0) is 4.79 Å². The number of carbonyl (C=O) groups is 1. The highest BCUT2D eigenvalue weighted by Crippen LogP contribution is 2.28. The summed E-state index contributed by atoms with van der Waals surface area (Å²) in [6.45, 7) is 0. The Balaban J connectivity index is 1.50. The third kappa shape index (κ3) is 4.37. The third-order valence-electron chi connectivity index (χ3n) is 2.87. The number of halogens is 1. The van der Waals surface area contributed by atoms with E-state index in [1.807, 2.05) is 24.3 Å². The molecule has 0 bridgehead atoms. The number of carbonyl (C=O) groups excluding carboxylic acids is 1. The van der Waals surface area contributed by atoms with Gasteiger partial charge in [0.05, 0.1) is 22.2 Å². The maximum Gasteiger partial charge on any atom is 0.250 e. The van der Waals surface area contributed by atoms with Gasteiger partial charge in [0.15, 0.2) is 4.34 Å². The number of aromatic nitrogens is 1. The number of benzene rings is 2. The van der Waals surface area contributed by atoms with Gasteiger partial charge in [-0.25, -0.2) is 14.8 Å². The summed E-state index contributed by atoms with van der Waals surface area (Å²) in [6.07, 6.45) is 1.47. The van der Waals surface area contributed by atoms with Crippen molar-refractivity contribution in [1.29, 1.82) is 0 Å². The van der Waals surface area contributed by atoms with Gasteiger partial charge in [-0.15, -0.1) is 11.3 Å². The first-order chi connectivity index (χ1) is 11.2. The van der Waals surface area contributed by atoms with Crippen molar-refractivity contribution >= 4 is 45.4 Å². The first-order valence-corrected chi connectivity index (χ1v) is 8.57. The van der Waals surface area contributed by atoms with Crippen molar-refractivity contribution in [2.24, 2.45) is 5.10 Å². The molecule has 7 heteroatoms. The van der Waals surface area contributed by atoms with Crippen LogP contribution >= 0.6 is 23.1 Å². The van der Waals surface area contributed by atoms with Crippen LogP contribution < -0.4 is 5.43 Å². The lowest BCUT2D eigenvalue weighted by Gasteiger charge is -1.97. The van der Waals surface area contributed by atoms with Gasteiger partial charge in [0.1, 0.15) is 5.82 Å². The molecule has 1 amide bonds. The molecular formula is C16H12FN3OS2. The van der Waals surface area contributed by atoms with E-state index in [2.05, 4.69) is 15.5 Å². The van der Waals surface area contributed by atoms with Crippen LogP contribution in [0.15, 0.2) is 58.0 Å². The molecule has 116 valence electrons. The lowest BCUT2D eigenvalue weighted by Crippen LogP contribution is -2.19. The Morgan fingerprint density at radius 1 is 1.26 bits per heavy atom. The van der Waals surface area contributed by atoms with Gasteiger partial charge < -0.3 is 0 Å². The summed E-state index contributed by atoms with van der Waals surface area (Å²) in [5.41, 5.74) is 4.10. The number of hydrazone groups is 1. The highest BCUT2D eigenvalue weighted by molar-refractivity contribution is 8.01. The number of thioether (sulfide) groups is 1. The zero-order valence-electron chi connectivity index (χ0n) is 11.9. The predicted molar refractivity (Wildman–Crippen MR) is 92.5 cm³/mol. The van der Waals surface area contributed by atoms with Gasteiger partial charge in [-0.05, 0) is 29.8 Å². The van der Waals surface area contributed by atoms with Crippen molar-refractivity contribution in [3.8, 4) is 0 Å². The van der Waals surface area contributed by atoms with E-state index in [1.165, 1.54) is 30.1 Å². The van der Waals surface area contributed by atoms with E-state index in [9.17, 15) is 9.18 Å². The molecule has 0 spiro atoms. The van der Waals surface area contributed by atoms with Crippen molar-refractivity contribution in [2.75, 3.05) is 5.75 Å². The van der Waals surface area contributed by atoms with Gasteiger partial charge in [-0.2, -0.15) is 5.10 Å². The number of rotatable bonds is 5. The molecule has 0 radical (unpaired) electrons. The minimum atomic E-state index is -0.307. The van der Waals surface area contributed by atoms with E-state index in [-0.39, 0.29) is 17.5 Å². The molecule has 2 aromatic carbocycles. The van der Waals surface area contributed by atoms with Crippen LogP contribution in [0.3, 0.4) is 0 Å². The molecule has 0 aliphatic carbocycles. The van der Waals surface area contributed by atoms with Crippen molar-refractivity contribution < 1.29 is 9.18 Å². The molecule has 0 fully saturated rings. The van der Waals surface area contributed by atoms with Crippen LogP contribution in [0.25, 0.3) is 10.2 Å². The summed E-state index contributed by atoms with van der Waals surface area (Å²) in [7, 11) is 0. The number of nitrogens with zero attached hydrogens (tertiary/aromatic N) is 2. The number of hydrogen-bond acceptors (Lipinski definition) is 5. The molecule has 1 N–H and O–H groups in total. The molecular weight excluding hydrogens is 333 g/mol. The zero-order chi connectivity index (χ0) is 16.1. The van der Waals surface area contributed by atoms with Crippen molar-refractivity contribution in [1.82, 2.24) is 10.4 Å². The summed E-state index contributed by atoms with van der Waals surface area (Å²) in [5.74, 6) is -0.286. The molecule has 0 saturated heterocycles. The molecule has 0 aliphatic rings. The SMILES string of the molecule is O=C(CSc1nc2ccccc2s1)N/N=C/c1ccc(F)cc1. The largest absolute Gasteiger partial charge is 0.272 e. The highest BCUT2D eigenvalue weighted by atomic mass is 32.2. The minimum Gasteiger partial charge on any atom is -0.272 e. The van der Waals surface area contributed by atoms with Crippen molar-refractivity contribution in [3.05, 3.63) is 59.9 Å². The first kappa shape index (κ1) is 15.6. The average molecular weight is 345 g/mol. The van der Waals surface area contributed by atoms with Crippen molar-refractivity contribution in [2.45, 2.75) is 4.34 Å². The van der Waals surface area contributed by atoms with Crippen molar-refractivity contribution in [3.63, 3.8) is 0 Å². The summed E-state index contributed by atoms with van der Waals surface area (Å²) in [5, 5.41) is 3.85. The fourth-order valence-electron chi connectivity index (χ4n) is 1.80. The first-order valence-electron chi connectivity index (χ1n) is 6.76. The van der Waals surface area contributed by atoms with E-state index < -0.39 is 0 Å². The molecule has 0 aliphatic heterocycles. The Labute approximate surface area is 140 Å². The van der Waals surface area contributed by atoms with E-state index in [0.717, 1.165) is 14.6 Å². The fourth-order valence-corrected chi connectivity index (χ4v) is 3.66. The van der Waals surface area contributed by atoms with Crippen LogP contribution in [0.4, 0.5) is 4.39 Å². The molecule has 3 rings (SSSR count). The van der Waals surface area contributed by atoms with Gasteiger partial charge in [-0.1, -0.05) is 36.0 Å². The second-order valence-electron chi connectivity index (χ2n) is 4.58. The van der Waals surface area contributed by atoms with Crippen LogP contribution in [0, 0.1) is 5.82 Å². The zero-order valence-corrected chi connectivity index (χ0v) is 13.5. The molecule has 0 saturated carbocycles. The minimum absolute atomic E-state index is 0.215. The Hall–Kier alpha value is -2.25. The molecule has 23 heavy (non-hydrogen) atoms. The normalized spacial score (nSPS) is 11.2. The molecule has 0 atom stereocenters. The maximum absolute atomic E-state index is 12.8. The predicted octanol–water partition coefficient (Wildman–Crippen LogP) is 3.68. The van der Waals surface area contributed by atoms with E-state index in [1.54, 1.807) is 23.5 Å². The molecule has 1 aromatic heterocycles. The Kier molecular flexibility index (Phi) is 4.99. The number of amides is 1. The Bertz CT molecular complexity index is 813. The number of para-hydroxylation sites is 1. The van der Waals surface area contributed by atoms with Crippen LogP contribution in [0.5, 0.6) is 0 Å². The molecule has 3 aromatic rings. The van der Waals surface area contributed by atoms with Gasteiger partial charge in [0.25, 0.3) is 5.91 Å². The lowest BCUT2D eigenvalue weighted by atomic mass is 10.2. The quantitative estimate of drug-likeness (QED) is 0.436. The molecule has 0 unspecified atom stereocenters. The summed E-state index contributed by atoms with van der Waals surface area (Å²) in [6, 6.07) is 13.7. The molecule has 4 nitrogen and oxygen atoms in total. The van der Waals surface area contributed by atoms with E-state index in [0.29, 0.717) is 5.56 Å². The second-order valence-corrected chi connectivity index (χ2v) is 6.83. The van der Waals surface area contributed by atoms with Gasteiger partial charge in [0.2, 0.25) is 0 Å². The van der Waals surface area contributed by atoms with Gasteiger partial charge in [-0.3, -0.25) is 4.79 Å². The number of hydrogen-bond donors (Lipinski definition) is 1. The highest BCUT2D eigenvalue weighted by Gasteiger charge is 2.06. The second kappa shape index (κ2) is 7.34. The topological polar surface area (TPSA) is 54.4 Å².